The molecule has 4 nitrogen and oxygen atoms in total. The van der Waals surface area contributed by atoms with Crippen molar-refractivity contribution in [2.75, 3.05) is 5.32 Å². The highest BCUT2D eigenvalue weighted by atomic mass is 79.9. The number of hydrogen-bond acceptors (Lipinski definition) is 3. The minimum absolute atomic E-state index is 0.186. The quantitative estimate of drug-likeness (QED) is 0.476. The fourth-order valence-electron chi connectivity index (χ4n) is 2.93. The number of nitrogens with one attached hydrogen (secondary N) is 2. The van der Waals surface area contributed by atoms with E-state index in [1.165, 1.54) is 17.2 Å². The lowest BCUT2D eigenvalue weighted by atomic mass is 10.1. The second kappa shape index (κ2) is 5.82. The number of aromatic amines is 1. The summed E-state index contributed by atoms with van der Waals surface area (Å²) in [5.41, 5.74) is 3.90. The second-order valence-corrected chi connectivity index (χ2v) is 7.84. The molecule has 0 aliphatic heterocycles. The molecule has 0 bridgehead atoms. The maximum Gasteiger partial charge on any atom is 0.169 e. The molecule has 0 saturated heterocycles. The molecule has 1 aromatic carbocycles. The van der Waals surface area contributed by atoms with E-state index in [1.54, 1.807) is 0 Å². The van der Waals surface area contributed by atoms with Crippen molar-refractivity contribution in [2.45, 2.75) is 19.3 Å². The summed E-state index contributed by atoms with van der Waals surface area (Å²) in [7, 11) is 0. The van der Waals surface area contributed by atoms with Crippen molar-refractivity contribution in [1.29, 1.82) is 0 Å². The smallest absolute Gasteiger partial charge is 0.169 e. The third kappa shape index (κ3) is 2.60. The first-order valence-electron chi connectivity index (χ1n) is 7.01. The molecule has 2 heterocycles. The third-order valence-electron chi connectivity index (χ3n) is 4.00. The number of nitrogens with zero attached hydrogens (tertiary/aromatic N) is 2. The number of halogens is 4. The van der Waals surface area contributed by atoms with Crippen molar-refractivity contribution in [1.82, 2.24) is 15.2 Å². The highest BCUT2D eigenvalue weighted by Crippen LogP contribution is 2.41. The number of pyridine rings is 1. The number of rotatable bonds is 2. The first-order chi connectivity index (χ1) is 11.0. The zero-order valence-electron chi connectivity index (χ0n) is 11.7. The van der Waals surface area contributed by atoms with Gasteiger partial charge in [-0.1, -0.05) is 15.9 Å². The van der Waals surface area contributed by atoms with Gasteiger partial charge in [0.25, 0.3) is 0 Å². The predicted octanol–water partition coefficient (Wildman–Crippen LogP) is 5.62. The Balaban J connectivity index is 1.83. The van der Waals surface area contributed by atoms with Crippen LogP contribution in [-0.2, 0) is 12.8 Å². The Morgan fingerprint density at radius 2 is 1.87 bits per heavy atom. The average Bonchev–Trinajstić information content (AvgIpc) is 3.12. The minimum Gasteiger partial charge on any atom is -0.337 e. The van der Waals surface area contributed by atoms with Gasteiger partial charge in [-0.15, -0.1) is 0 Å². The number of fused-ring (bicyclic) bond motifs is 2. The van der Waals surface area contributed by atoms with Gasteiger partial charge in [0.1, 0.15) is 4.60 Å². The van der Waals surface area contributed by atoms with Crippen molar-refractivity contribution in [3.63, 3.8) is 0 Å². The summed E-state index contributed by atoms with van der Waals surface area (Å²) >= 11 is 10.4. The van der Waals surface area contributed by atoms with Crippen LogP contribution >= 0.6 is 47.8 Å². The summed E-state index contributed by atoms with van der Waals surface area (Å²) in [5.74, 6) is -0.230. The molecule has 0 radical (unpaired) electrons. The van der Waals surface area contributed by atoms with E-state index in [0.29, 0.717) is 15.6 Å². The normalized spacial score (nSPS) is 13.6. The molecule has 0 amide bonds. The molecular formula is C15H10Br3FN4. The fraction of sp³-hybridized carbons (Fsp3) is 0.200. The van der Waals surface area contributed by atoms with E-state index >= 15 is 0 Å². The van der Waals surface area contributed by atoms with Gasteiger partial charge in [0.15, 0.2) is 17.3 Å². The van der Waals surface area contributed by atoms with E-state index in [-0.39, 0.29) is 5.82 Å². The molecular weight excluding hydrogens is 495 g/mol. The fourth-order valence-corrected chi connectivity index (χ4v) is 4.86. The summed E-state index contributed by atoms with van der Waals surface area (Å²) in [5, 5.41) is 10.5. The molecule has 0 saturated carbocycles. The molecule has 23 heavy (non-hydrogen) atoms. The Morgan fingerprint density at radius 3 is 2.70 bits per heavy atom. The zero-order valence-corrected chi connectivity index (χ0v) is 16.4. The van der Waals surface area contributed by atoms with Gasteiger partial charge in [0.05, 0.1) is 11.1 Å². The zero-order chi connectivity index (χ0) is 16.1. The lowest BCUT2D eigenvalue weighted by Gasteiger charge is -2.15. The number of aromatic nitrogens is 3. The van der Waals surface area contributed by atoms with Gasteiger partial charge in [0, 0.05) is 8.95 Å². The largest absolute Gasteiger partial charge is 0.337 e. The Morgan fingerprint density at radius 1 is 1.09 bits per heavy atom. The van der Waals surface area contributed by atoms with E-state index in [9.17, 15) is 4.39 Å². The van der Waals surface area contributed by atoms with Gasteiger partial charge in [-0.05, 0) is 74.4 Å². The van der Waals surface area contributed by atoms with Crippen LogP contribution in [0, 0.1) is 5.82 Å². The van der Waals surface area contributed by atoms with Crippen molar-refractivity contribution in [3.8, 4) is 0 Å². The van der Waals surface area contributed by atoms with E-state index in [1.807, 2.05) is 6.07 Å². The van der Waals surface area contributed by atoms with Crippen molar-refractivity contribution >= 4 is 70.3 Å². The van der Waals surface area contributed by atoms with Gasteiger partial charge in [0.2, 0.25) is 0 Å². The van der Waals surface area contributed by atoms with Gasteiger partial charge >= 0.3 is 0 Å². The average molecular weight is 505 g/mol. The Hall–Kier alpha value is -0.990. The lowest BCUT2D eigenvalue weighted by molar-refractivity contribution is 0.629. The molecule has 0 atom stereocenters. The molecule has 1 aliphatic carbocycles. The van der Waals surface area contributed by atoms with Crippen LogP contribution in [0.2, 0.25) is 0 Å². The maximum atomic E-state index is 14.4. The molecule has 0 fully saturated rings. The summed E-state index contributed by atoms with van der Waals surface area (Å²) in [6, 6.07) is 3.42. The molecule has 0 spiro atoms. The summed E-state index contributed by atoms with van der Waals surface area (Å²) < 4.78 is 16.9. The topological polar surface area (TPSA) is 53.6 Å². The van der Waals surface area contributed by atoms with Crippen molar-refractivity contribution < 1.29 is 4.39 Å². The first-order valence-corrected chi connectivity index (χ1v) is 9.39. The Bertz CT molecular complexity index is 938. The minimum atomic E-state index is -0.416. The standard InChI is InChI=1S/C15H10Br3FN4/c16-9-5-10(17)12(7-3-1-2-6(7)9)20-15-11(19)4-8-13(18)22-23-14(8)21-15/h4-5H,1-3H2,(H2,20,21,22,23). The monoisotopic (exact) mass is 502 g/mol. The third-order valence-corrected chi connectivity index (χ3v) is 5.94. The lowest BCUT2D eigenvalue weighted by Crippen LogP contribution is -2.02. The molecule has 8 heteroatoms. The van der Waals surface area contributed by atoms with Gasteiger partial charge in [-0.25, -0.2) is 9.37 Å². The van der Waals surface area contributed by atoms with Crippen LogP contribution in [-0.4, -0.2) is 15.2 Å². The summed E-state index contributed by atoms with van der Waals surface area (Å²) in [4.78, 5) is 4.31. The van der Waals surface area contributed by atoms with Gasteiger partial charge in [-0.2, -0.15) is 5.10 Å². The summed E-state index contributed by atoms with van der Waals surface area (Å²) in [6.07, 6.45) is 3.09. The van der Waals surface area contributed by atoms with Crippen LogP contribution in [0.25, 0.3) is 11.0 Å². The molecule has 2 aromatic heterocycles. The molecule has 3 aromatic rings. The van der Waals surface area contributed by atoms with Crippen LogP contribution in [0.4, 0.5) is 15.9 Å². The highest BCUT2D eigenvalue weighted by molar-refractivity contribution is 9.11. The number of benzene rings is 1. The number of hydrogen-bond donors (Lipinski definition) is 2. The van der Waals surface area contributed by atoms with Crippen molar-refractivity contribution in [3.05, 3.63) is 42.6 Å². The molecule has 118 valence electrons. The number of anilines is 2. The van der Waals surface area contributed by atoms with Crippen molar-refractivity contribution in [2.24, 2.45) is 0 Å². The van der Waals surface area contributed by atoms with E-state index in [2.05, 4.69) is 68.3 Å². The SMILES string of the molecule is Fc1cc2c(Br)n[nH]c2nc1Nc1c(Br)cc(Br)c2c1CCC2. The van der Waals surface area contributed by atoms with Crippen LogP contribution < -0.4 is 5.32 Å². The Kier molecular flexibility index (Phi) is 3.93. The second-order valence-electron chi connectivity index (χ2n) is 5.38. The van der Waals surface area contributed by atoms with E-state index in [0.717, 1.165) is 33.9 Å². The maximum absolute atomic E-state index is 14.4. The van der Waals surface area contributed by atoms with Crippen LogP contribution in [0.15, 0.2) is 25.7 Å². The van der Waals surface area contributed by atoms with E-state index < -0.39 is 5.82 Å². The predicted molar refractivity (Wildman–Crippen MR) is 98.7 cm³/mol. The Labute approximate surface area is 156 Å². The molecule has 2 N–H and O–H groups in total. The van der Waals surface area contributed by atoms with Crippen LogP contribution in [0.5, 0.6) is 0 Å². The summed E-state index contributed by atoms with van der Waals surface area (Å²) in [6.45, 7) is 0. The molecule has 4 rings (SSSR count). The number of H-pyrrole nitrogens is 1. The van der Waals surface area contributed by atoms with Gasteiger partial charge in [-0.3, -0.25) is 5.10 Å². The highest BCUT2D eigenvalue weighted by Gasteiger charge is 2.22. The molecule has 1 aliphatic rings. The van der Waals surface area contributed by atoms with Crippen LogP contribution in [0.1, 0.15) is 17.5 Å². The van der Waals surface area contributed by atoms with Crippen LogP contribution in [0.3, 0.4) is 0 Å². The van der Waals surface area contributed by atoms with Gasteiger partial charge < -0.3 is 5.32 Å². The first kappa shape index (κ1) is 15.5. The van der Waals surface area contributed by atoms with E-state index in [4.69, 9.17) is 0 Å². The molecule has 0 unspecified atom stereocenters.